The Hall–Kier alpha value is -1.97. The molecular weight excluding hydrogens is 182 g/mol. The van der Waals surface area contributed by atoms with Crippen LogP contribution in [0.25, 0.3) is 0 Å². The summed E-state index contributed by atoms with van der Waals surface area (Å²) < 4.78 is 5.14. The van der Waals surface area contributed by atoms with Gasteiger partial charge in [0, 0.05) is 12.6 Å². The number of benzene rings is 1. The van der Waals surface area contributed by atoms with Crippen molar-refractivity contribution in [1.82, 2.24) is 0 Å². The summed E-state index contributed by atoms with van der Waals surface area (Å²) in [7, 11) is 0. The van der Waals surface area contributed by atoms with Crippen molar-refractivity contribution in [2.75, 3.05) is 11.2 Å². The van der Waals surface area contributed by atoms with Crippen LogP contribution in [0.1, 0.15) is 6.92 Å². The molecule has 0 saturated carbocycles. The molecule has 5 heteroatoms. The van der Waals surface area contributed by atoms with Gasteiger partial charge in [-0.3, -0.25) is 5.84 Å². The number of ether oxygens (including phenoxy) is 1. The maximum absolute atomic E-state index is 10.2. The number of nitrogens with one attached hydrogen (secondary N) is 1. The van der Waals surface area contributed by atoms with Crippen LogP contribution in [-0.2, 0) is 4.79 Å². The van der Waals surface area contributed by atoms with E-state index in [0.29, 0.717) is 17.1 Å². The normalized spacial score (nSPS) is 9.00. The van der Waals surface area contributed by atoms with Crippen molar-refractivity contribution in [2.24, 2.45) is 5.84 Å². The summed E-state index contributed by atoms with van der Waals surface area (Å²) in [4.78, 5) is 10.2. The Labute approximate surface area is 81.3 Å². The summed E-state index contributed by atoms with van der Waals surface area (Å²) in [5, 5.41) is 0. The minimum atomic E-state index is 0.131. The third-order valence-electron chi connectivity index (χ3n) is 1.57. The van der Waals surface area contributed by atoms with Gasteiger partial charge in [-0.2, -0.15) is 0 Å². The topological polar surface area (TPSA) is 90.4 Å². The number of nitrogens with two attached hydrogens (primary N) is 2. The molecule has 0 bridgehead atoms. The summed E-state index contributed by atoms with van der Waals surface area (Å²) in [6.07, 6.45) is 0. The number of nitrogen functional groups attached to an aromatic ring is 2. The van der Waals surface area contributed by atoms with E-state index in [1.807, 2.05) is 0 Å². The van der Waals surface area contributed by atoms with E-state index in [4.69, 9.17) is 16.3 Å². The Balaban J connectivity index is 3.02. The highest BCUT2D eigenvalue weighted by atomic mass is 16.5. The maximum atomic E-state index is 10.2. The van der Waals surface area contributed by atoms with E-state index in [1.54, 1.807) is 24.1 Å². The van der Waals surface area contributed by atoms with Crippen molar-refractivity contribution < 1.29 is 9.53 Å². The van der Waals surface area contributed by atoms with E-state index in [9.17, 15) is 4.79 Å². The van der Waals surface area contributed by atoms with Crippen LogP contribution in [0.2, 0.25) is 0 Å². The molecule has 74 valence electrons. The van der Waals surface area contributed by atoms with Gasteiger partial charge >= 0.3 is 0 Å². The molecule has 0 spiro atoms. The molecule has 1 aromatic rings. The van der Waals surface area contributed by atoms with Crippen LogP contribution in [0, 0.1) is 0 Å². The molecular formula is C9H11N3O2. The first-order valence-corrected chi connectivity index (χ1v) is 3.93. The smallest absolute Gasteiger partial charge is 0.184 e. The standard InChI is InChI=1S/C9H11N3O2/c1-6(5-13)14-9-3-2-7(10)4-8(9)12-11/h2-4,12H,10-11H2,1H3. The fraction of sp³-hybridized carbons (Fsp3) is 0.111. The fourth-order valence-electron chi connectivity index (χ4n) is 0.935. The van der Waals surface area contributed by atoms with Gasteiger partial charge in [0.15, 0.2) is 17.5 Å². The molecule has 14 heavy (non-hydrogen) atoms. The van der Waals surface area contributed by atoms with Crippen LogP contribution in [0.5, 0.6) is 5.75 Å². The highest BCUT2D eigenvalue weighted by molar-refractivity contribution is 5.64. The van der Waals surface area contributed by atoms with Gasteiger partial charge in [-0.15, -0.1) is 0 Å². The molecule has 0 radical (unpaired) electrons. The number of hydrogen-bond donors (Lipinski definition) is 3. The van der Waals surface area contributed by atoms with Crippen LogP contribution in [0.4, 0.5) is 11.4 Å². The lowest BCUT2D eigenvalue weighted by atomic mass is 10.2. The molecule has 1 rings (SSSR count). The minimum Gasteiger partial charge on any atom is -0.448 e. The molecule has 0 saturated heterocycles. The quantitative estimate of drug-likeness (QED) is 0.216. The van der Waals surface area contributed by atoms with Gasteiger partial charge in [-0.05, 0) is 18.2 Å². The Bertz CT molecular complexity index is 384. The van der Waals surface area contributed by atoms with Gasteiger partial charge in [-0.1, -0.05) is 0 Å². The van der Waals surface area contributed by atoms with Crippen LogP contribution in [0.15, 0.2) is 24.0 Å². The highest BCUT2D eigenvalue weighted by Crippen LogP contribution is 2.26. The SMILES string of the molecule is CC(=C=O)Oc1ccc(N)cc1NN. The van der Waals surface area contributed by atoms with E-state index in [1.165, 1.54) is 6.92 Å². The van der Waals surface area contributed by atoms with Crippen LogP contribution < -0.4 is 21.7 Å². The molecule has 0 aliphatic rings. The summed E-state index contributed by atoms with van der Waals surface area (Å²) in [5.41, 5.74) is 9.02. The van der Waals surface area contributed by atoms with Gasteiger partial charge in [0.25, 0.3) is 0 Å². The molecule has 0 aliphatic heterocycles. The first kappa shape index (κ1) is 10.1. The number of anilines is 2. The molecule has 0 heterocycles. The zero-order valence-corrected chi connectivity index (χ0v) is 7.70. The van der Waals surface area contributed by atoms with Crippen molar-refractivity contribution in [3.05, 3.63) is 24.0 Å². The Morgan fingerprint density at radius 1 is 1.57 bits per heavy atom. The summed E-state index contributed by atoms with van der Waals surface area (Å²) in [5.74, 6) is 7.43. The molecule has 0 fully saturated rings. The monoisotopic (exact) mass is 193 g/mol. The number of hydrogen-bond acceptors (Lipinski definition) is 5. The van der Waals surface area contributed by atoms with Crippen molar-refractivity contribution in [2.45, 2.75) is 6.92 Å². The maximum Gasteiger partial charge on any atom is 0.184 e. The molecule has 1 aromatic carbocycles. The lowest BCUT2D eigenvalue weighted by Crippen LogP contribution is -2.09. The zero-order chi connectivity index (χ0) is 10.6. The lowest BCUT2D eigenvalue weighted by molar-refractivity contribution is 0.428. The fourth-order valence-corrected chi connectivity index (χ4v) is 0.935. The van der Waals surface area contributed by atoms with Gasteiger partial charge in [0.05, 0.1) is 5.69 Å². The van der Waals surface area contributed by atoms with Gasteiger partial charge in [0.1, 0.15) is 0 Å². The Morgan fingerprint density at radius 2 is 2.29 bits per heavy atom. The number of rotatable bonds is 3. The second-order valence-corrected chi connectivity index (χ2v) is 2.66. The van der Waals surface area contributed by atoms with Crippen molar-refractivity contribution in [3.8, 4) is 5.75 Å². The zero-order valence-electron chi connectivity index (χ0n) is 7.70. The average molecular weight is 193 g/mol. The van der Waals surface area contributed by atoms with Crippen molar-refractivity contribution in [3.63, 3.8) is 0 Å². The summed E-state index contributed by atoms with van der Waals surface area (Å²) in [6.45, 7) is 1.50. The summed E-state index contributed by atoms with van der Waals surface area (Å²) in [6, 6.07) is 4.87. The van der Waals surface area contributed by atoms with E-state index >= 15 is 0 Å². The van der Waals surface area contributed by atoms with E-state index in [0.717, 1.165) is 0 Å². The molecule has 5 nitrogen and oxygen atoms in total. The first-order chi connectivity index (χ1) is 6.67. The van der Waals surface area contributed by atoms with Gasteiger partial charge in [0.2, 0.25) is 0 Å². The van der Waals surface area contributed by atoms with Crippen LogP contribution >= 0.6 is 0 Å². The predicted molar refractivity (Wildman–Crippen MR) is 54.2 cm³/mol. The third kappa shape index (κ3) is 2.26. The first-order valence-electron chi connectivity index (χ1n) is 3.93. The molecule has 0 amide bonds. The summed E-state index contributed by atoms with van der Waals surface area (Å²) >= 11 is 0. The van der Waals surface area contributed by atoms with E-state index in [-0.39, 0.29) is 5.76 Å². The molecule has 0 unspecified atom stereocenters. The molecule has 0 atom stereocenters. The second-order valence-electron chi connectivity index (χ2n) is 2.66. The number of allylic oxidation sites excluding steroid dienone is 1. The minimum absolute atomic E-state index is 0.131. The molecule has 5 N–H and O–H groups in total. The Morgan fingerprint density at radius 3 is 2.86 bits per heavy atom. The largest absolute Gasteiger partial charge is 0.448 e. The second kappa shape index (κ2) is 4.32. The van der Waals surface area contributed by atoms with Gasteiger partial charge < -0.3 is 15.9 Å². The lowest BCUT2D eigenvalue weighted by Gasteiger charge is -2.09. The van der Waals surface area contributed by atoms with Crippen molar-refractivity contribution in [1.29, 1.82) is 0 Å². The van der Waals surface area contributed by atoms with Crippen molar-refractivity contribution >= 4 is 17.3 Å². The number of hydrazine groups is 1. The molecule has 0 aromatic heterocycles. The van der Waals surface area contributed by atoms with Crippen LogP contribution in [-0.4, -0.2) is 5.94 Å². The third-order valence-corrected chi connectivity index (χ3v) is 1.57. The Kier molecular flexibility index (Phi) is 3.12. The van der Waals surface area contributed by atoms with Crippen LogP contribution in [0.3, 0.4) is 0 Å². The van der Waals surface area contributed by atoms with E-state index in [2.05, 4.69) is 5.43 Å². The van der Waals surface area contributed by atoms with Gasteiger partial charge in [-0.25, -0.2) is 4.79 Å². The average Bonchev–Trinajstić information content (AvgIpc) is 2.20. The van der Waals surface area contributed by atoms with E-state index < -0.39 is 0 Å². The predicted octanol–water partition coefficient (Wildman–Crippen LogP) is 0.669. The number of carbonyl (C=O) groups excluding carboxylic acids is 1. The highest BCUT2D eigenvalue weighted by Gasteiger charge is 2.03. The molecule has 0 aliphatic carbocycles.